The summed E-state index contributed by atoms with van der Waals surface area (Å²) in [4.78, 5) is 15.5. The maximum Gasteiger partial charge on any atom is 0.230 e. The summed E-state index contributed by atoms with van der Waals surface area (Å²) in [6, 6.07) is 4.65. The van der Waals surface area contributed by atoms with Crippen LogP contribution in [0.5, 0.6) is 0 Å². The van der Waals surface area contributed by atoms with E-state index in [-0.39, 0.29) is 11.7 Å². The van der Waals surface area contributed by atoms with Crippen molar-refractivity contribution in [1.29, 1.82) is 0 Å². The average molecular weight is 290 g/mol. The van der Waals surface area contributed by atoms with E-state index in [1.54, 1.807) is 13.2 Å². The van der Waals surface area contributed by atoms with Crippen LogP contribution in [-0.4, -0.2) is 31.2 Å². The number of hydrogen-bond donors (Lipinski definition) is 2. The molecule has 2 N–H and O–H groups in total. The Kier molecular flexibility index (Phi) is 3.68. The van der Waals surface area contributed by atoms with E-state index in [0.717, 1.165) is 35.7 Å². The Morgan fingerprint density at radius 2 is 2.29 bits per heavy atom. The lowest BCUT2D eigenvalue weighted by molar-refractivity contribution is -0.123. The smallest absolute Gasteiger partial charge is 0.230 e. The minimum atomic E-state index is -0.441. The molecule has 0 aliphatic heterocycles. The van der Waals surface area contributed by atoms with Gasteiger partial charge in [-0.25, -0.2) is 4.39 Å². The fourth-order valence-electron chi connectivity index (χ4n) is 2.83. The molecule has 4 nitrogen and oxygen atoms in total. The fourth-order valence-corrected chi connectivity index (χ4v) is 2.83. The van der Waals surface area contributed by atoms with Gasteiger partial charge >= 0.3 is 0 Å². The molecule has 1 aliphatic carbocycles. The number of hydrogen-bond acceptors (Lipinski definition) is 2. The molecule has 1 amide bonds. The van der Waals surface area contributed by atoms with E-state index in [9.17, 15) is 9.18 Å². The number of methoxy groups -OCH3 is 1. The third kappa shape index (κ3) is 2.53. The number of aromatic amines is 1. The lowest BCUT2D eigenvalue weighted by Gasteiger charge is -2.15. The van der Waals surface area contributed by atoms with Crippen LogP contribution in [0.1, 0.15) is 24.8 Å². The number of ether oxygens (including phenoxy) is 1. The van der Waals surface area contributed by atoms with Crippen molar-refractivity contribution in [1.82, 2.24) is 10.3 Å². The lowest BCUT2D eigenvalue weighted by atomic mass is 9.94. The summed E-state index contributed by atoms with van der Waals surface area (Å²) in [5.41, 5.74) is 1.27. The van der Waals surface area contributed by atoms with Crippen LogP contribution in [0.25, 0.3) is 10.9 Å². The number of aromatic nitrogens is 1. The number of benzene rings is 1. The quantitative estimate of drug-likeness (QED) is 0.803. The van der Waals surface area contributed by atoms with Crippen molar-refractivity contribution in [3.8, 4) is 0 Å². The van der Waals surface area contributed by atoms with Gasteiger partial charge in [0.15, 0.2) is 0 Å². The van der Waals surface area contributed by atoms with Crippen LogP contribution in [0.3, 0.4) is 0 Å². The van der Waals surface area contributed by atoms with Gasteiger partial charge in [0.2, 0.25) is 5.91 Å². The Bertz CT molecular complexity index is 661. The Balaban J connectivity index is 1.79. The molecule has 0 bridgehead atoms. The molecule has 1 aromatic carbocycles. The third-order valence-electron chi connectivity index (χ3n) is 4.15. The monoisotopic (exact) mass is 290 g/mol. The van der Waals surface area contributed by atoms with E-state index in [2.05, 4.69) is 10.3 Å². The van der Waals surface area contributed by atoms with E-state index < -0.39 is 5.41 Å². The van der Waals surface area contributed by atoms with Crippen LogP contribution in [-0.2, 0) is 14.9 Å². The van der Waals surface area contributed by atoms with Gasteiger partial charge in [-0.15, -0.1) is 0 Å². The Labute approximate surface area is 122 Å². The van der Waals surface area contributed by atoms with Gasteiger partial charge in [-0.1, -0.05) is 0 Å². The molecule has 1 aromatic heterocycles. The van der Waals surface area contributed by atoms with Crippen molar-refractivity contribution in [2.75, 3.05) is 20.3 Å². The largest absolute Gasteiger partial charge is 0.385 e. The molecule has 21 heavy (non-hydrogen) atoms. The minimum absolute atomic E-state index is 0.0591. The molecule has 0 spiro atoms. The highest BCUT2D eigenvalue weighted by Gasteiger charge is 2.52. The Morgan fingerprint density at radius 1 is 1.48 bits per heavy atom. The predicted molar refractivity (Wildman–Crippen MR) is 78.7 cm³/mol. The number of nitrogens with one attached hydrogen (secondary N) is 2. The zero-order valence-electron chi connectivity index (χ0n) is 12.0. The zero-order valence-corrected chi connectivity index (χ0v) is 12.0. The summed E-state index contributed by atoms with van der Waals surface area (Å²) in [6.45, 7) is 1.26. The molecule has 0 unspecified atom stereocenters. The number of amides is 1. The summed E-state index contributed by atoms with van der Waals surface area (Å²) < 4.78 is 18.2. The molecule has 0 saturated heterocycles. The average Bonchev–Trinajstić information content (AvgIpc) is 3.18. The van der Waals surface area contributed by atoms with Gasteiger partial charge in [0.05, 0.1) is 5.41 Å². The number of carbonyl (C=O) groups excluding carboxylic acids is 1. The summed E-state index contributed by atoms with van der Waals surface area (Å²) in [6.07, 6.45) is 4.32. The molecule has 1 fully saturated rings. The first kappa shape index (κ1) is 14.1. The predicted octanol–water partition coefficient (Wildman–Crippen LogP) is 2.49. The molecule has 3 rings (SSSR count). The second-order valence-corrected chi connectivity index (χ2v) is 5.58. The molecule has 5 heteroatoms. The molecule has 1 aliphatic rings. The number of fused-ring (bicyclic) bond motifs is 1. The number of halogens is 1. The fraction of sp³-hybridized carbons (Fsp3) is 0.438. The summed E-state index contributed by atoms with van der Waals surface area (Å²) >= 11 is 0. The molecular formula is C16H19FN2O2. The van der Waals surface area contributed by atoms with Crippen molar-refractivity contribution in [3.05, 3.63) is 35.8 Å². The van der Waals surface area contributed by atoms with Gasteiger partial charge in [-0.3, -0.25) is 4.79 Å². The van der Waals surface area contributed by atoms with Crippen molar-refractivity contribution in [3.63, 3.8) is 0 Å². The molecular weight excluding hydrogens is 271 g/mol. The van der Waals surface area contributed by atoms with Gasteiger partial charge in [-0.05, 0) is 43.0 Å². The van der Waals surface area contributed by atoms with Crippen LogP contribution in [0.15, 0.2) is 24.4 Å². The standard InChI is InChI=1S/C16H19FN2O2/c1-21-8-2-7-18-15(20)16(5-6-16)13-10-19-14-9-11(17)3-4-12(13)14/h3-4,9-10,19H,2,5-8H2,1H3,(H,18,20). The van der Waals surface area contributed by atoms with E-state index in [1.807, 2.05) is 6.20 Å². The number of rotatable bonds is 6. The van der Waals surface area contributed by atoms with Gasteiger partial charge in [0, 0.05) is 37.4 Å². The zero-order chi connectivity index (χ0) is 14.9. The summed E-state index contributed by atoms with van der Waals surface area (Å²) in [5.74, 6) is -0.214. The SMILES string of the molecule is COCCCNC(=O)C1(c2c[nH]c3cc(F)ccc23)CC1. The highest BCUT2D eigenvalue weighted by molar-refractivity contribution is 5.97. The highest BCUT2D eigenvalue weighted by Crippen LogP contribution is 2.50. The van der Waals surface area contributed by atoms with E-state index in [1.165, 1.54) is 12.1 Å². The van der Waals surface area contributed by atoms with Crippen LogP contribution in [0.4, 0.5) is 4.39 Å². The first-order valence-corrected chi connectivity index (χ1v) is 7.22. The molecule has 112 valence electrons. The lowest BCUT2D eigenvalue weighted by Crippen LogP contribution is -2.35. The first-order valence-electron chi connectivity index (χ1n) is 7.22. The van der Waals surface area contributed by atoms with Crippen LogP contribution in [0.2, 0.25) is 0 Å². The number of carbonyl (C=O) groups is 1. The highest BCUT2D eigenvalue weighted by atomic mass is 19.1. The molecule has 0 radical (unpaired) electrons. The van der Waals surface area contributed by atoms with E-state index in [4.69, 9.17) is 4.74 Å². The maximum absolute atomic E-state index is 13.2. The molecule has 0 atom stereocenters. The normalized spacial score (nSPS) is 16.1. The van der Waals surface area contributed by atoms with Crippen LogP contribution in [0, 0.1) is 5.82 Å². The van der Waals surface area contributed by atoms with Gasteiger partial charge < -0.3 is 15.0 Å². The van der Waals surface area contributed by atoms with Crippen LogP contribution >= 0.6 is 0 Å². The van der Waals surface area contributed by atoms with Gasteiger partial charge in [0.25, 0.3) is 0 Å². The summed E-state index contributed by atoms with van der Waals surface area (Å²) in [7, 11) is 1.65. The van der Waals surface area contributed by atoms with Gasteiger partial charge in [0.1, 0.15) is 5.82 Å². The summed E-state index contributed by atoms with van der Waals surface area (Å²) in [5, 5.41) is 3.91. The van der Waals surface area contributed by atoms with Crippen molar-refractivity contribution < 1.29 is 13.9 Å². The Hall–Kier alpha value is -1.88. The van der Waals surface area contributed by atoms with E-state index in [0.29, 0.717) is 13.2 Å². The molecule has 1 saturated carbocycles. The van der Waals surface area contributed by atoms with Crippen LogP contribution < -0.4 is 5.32 Å². The second kappa shape index (κ2) is 5.48. The van der Waals surface area contributed by atoms with Crippen molar-refractivity contribution in [2.45, 2.75) is 24.7 Å². The molecule has 2 aromatic rings. The first-order chi connectivity index (χ1) is 10.2. The van der Waals surface area contributed by atoms with Crippen molar-refractivity contribution >= 4 is 16.8 Å². The Morgan fingerprint density at radius 3 is 3.00 bits per heavy atom. The third-order valence-corrected chi connectivity index (χ3v) is 4.15. The van der Waals surface area contributed by atoms with Gasteiger partial charge in [-0.2, -0.15) is 0 Å². The maximum atomic E-state index is 13.2. The topological polar surface area (TPSA) is 54.1 Å². The number of H-pyrrole nitrogens is 1. The van der Waals surface area contributed by atoms with E-state index >= 15 is 0 Å². The minimum Gasteiger partial charge on any atom is -0.385 e. The molecule has 1 heterocycles. The second-order valence-electron chi connectivity index (χ2n) is 5.58. The van der Waals surface area contributed by atoms with Crippen molar-refractivity contribution in [2.24, 2.45) is 0 Å².